The van der Waals surface area contributed by atoms with E-state index >= 15 is 0 Å². The molecule has 1 heterocycles. The third-order valence-corrected chi connectivity index (χ3v) is 3.48. The average Bonchev–Trinajstić information content (AvgIpc) is 2.86. The summed E-state index contributed by atoms with van der Waals surface area (Å²) in [7, 11) is 1.82. The molecule has 0 aromatic heterocycles. The minimum atomic E-state index is -0.123. The van der Waals surface area contributed by atoms with Crippen LogP contribution in [0.3, 0.4) is 0 Å². The van der Waals surface area contributed by atoms with Gasteiger partial charge in [0.25, 0.3) is 0 Å². The molecule has 1 atom stereocenters. The van der Waals surface area contributed by atoms with Crippen LogP contribution in [0.4, 0.5) is 11.4 Å². The molecule has 0 saturated carbocycles. The van der Waals surface area contributed by atoms with Crippen LogP contribution in [-0.4, -0.2) is 32.0 Å². The Balaban J connectivity index is 2.16. The lowest BCUT2D eigenvalue weighted by atomic mass is 10.1. The number of carbonyl (C=O) groups excluding carboxylic acids is 2. The molecule has 5 nitrogen and oxygen atoms in total. The molecule has 0 spiro atoms. The van der Waals surface area contributed by atoms with E-state index in [0.717, 1.165) is 18.7 Å². The number of nitrogens with one attached hydrogen (secondary N) is 2. The van der Waals surface area contributed by atoms with E-state index in [9.17, 15) is 9.59 Å². The number of nitrogens with zero attached hydrogens (tertiary/aromatic N) is 1. The molecule has 1 aliphatic heterocycles. The molecule has 2 N–H and O–H groups in total. The molecule has 2 rings (SSSR count). The fourth-order valence-corrected chi connectivity index (χ4v) is 2.37. The van der Waals surface area contributed by atoms with Crippen molar-refractivity contribution in [2.45, 2.75) is 19.8 Å². The molecular weight excluding hydrogens is 254 g/mol. The predicted octanol–water partition coefficient (Wildman–Crippen LogP) is 1.61. The van der Waals surface area contributed by atoms with Gasteiger partial charge in [-0.05, 0) is 25.6 Å². The highest BCUT2D eigenvalue weighted by Gasteiger charge is 2.24. The van der Waals surface area contributed by atoms with Crippen LogP contribution < -0.4 is 15.5 Å². The highest BCUT2D eigenvalue weighted by atomic mass is 16.2. The van der Waals surface area contributed by atoms with Crippen molar-refractivity contribution in [1.82, 2.24) is 5.32 Å². The minimum Gasteiger partial charge on any atom is -0.324 e. The second-order valence-corrected chi connectivity index (χ2v) is 5.11. The molecule has 108 valence electrons. The van der Waals surface area contributed by atoms with Gasteiger partial charge in [0, 0.05) is 25.4 Å². The molecule has 0 radical (unpaired) electrons. The van der Waals surface area contributed by atoms with Crippen LogP contribution in [0, 0.1) is 5.92 Å². The number of carbonyl (C=O) groups is 2. The maximum absolute atomic E-state index is 12.1. The van der Waals surface area contributed by atoms with Crippen molar-refractivity contribution in [2.24, 2.45) is 5.92 Å². The van der Waals surface area contributed by atoms with Crippen LogP contribution in [0.1, 0.15) is 19.8 Å². The number of amides is 2. The predicted molar refractivity (Wildman–Crippen MR) is 79.7 cm³/mol. The van der Waals surface area contributed by atoms with Crippen LogP contribution in [0.5, 0.6) is 0 Å². The van der Waals surface area contributed by atoms with Crippen molar-refractivity contribution in [3.63, 3.8) is 0 Å². The van der Waals surface area contributed by atoms with Crippen molar-refractivity contribution in [1.29, 1.82) is 0 Å². The van der Waals surface area contributed by atoms with Crippen molar-refractivity contribution >= 4 is 23.2 Å². The molecule has 20 heavy (non-hydrogen) atoms. The highest BCUT2D eigenvalue weighted by molar-refractivity contribution is 6.02. The third-order valence-electron chi connectivity index (χ3n) is 3.48. The Bertz CT molecular complexity index is 502. The number of anilines is 2. The summed E-state index contributed by atoms with van der Waals surface area (Å²) in [4.78, 5) is 25.7. The summed E-state index contributed by atoms with van der Waals surface area (Å²) in [6.07, 6.45) is 1.45. The summed E-state index contributed by atoms with van der Waals surface area (Å²) in [6.45, 7) is 3.21. The minimum absolute atomic E-state index is 0.0431. The summed E-state index contributed by atoms with van der Waals surface area (Å²) in [5.41, 5.74) is 1.50. The molecule has 0 bridgehead atoms. The smallest absolute Gasteiger partial charge is 0.228 e. The van der Waals surface area contributed by atoms with Gasteiger partial charge >= 0.3 is 0 Å². The van der Waals surface area contributed by atoms with Crippen LogP contribution in [0.2, 0.25) is 0 Å². The van der Waals surface area contributed by atoms with Crippen molar-refractivity contribution in [2.75, 3.05) is 30.4 Å². The molecule has 1 fully saturated rings. The molecule has 1 aromatic carbocycles. The fourth-order valence-electron chi connectivity index (χ4n) is 2.37. The van der Waals surface area contributed by atoms with E-state index in [1.807, 2.05) is 38.2 Å². The zero-order valence-electron chi connectivity index (χ0n) is 12.0. The standard InChI is InChI=1S/C15H21N3O2/c1-11(10-16-2)15(20)17-12-6-3-4-7-13(12)18-9-5-8-14(18)19/h3-4,6-7,11,16H,5,8-10H2,1-2H3,(H,17,20). The topological polar surface area (TPSA) is 61.4 Å². The van der Waals surface area contributed by atoms with Gasteiger partial charge in [0.05, 0.1) is 11.4 Å². The van der Waals surface area contributed by atoms with Gasteiger partial charge in [0.1, 0.15) is 0 Å². The van der Waals surface area contributed by atoms with E-state index in [0.29, 0.717) is 18.7 Å². The van der Waals surface area contributed by atoms with Gasteiger partial charge in [-0.2, -0.15) is 0 Å². The fraction of sp³-hybridized carbons (Fsp3) is 0.467. The number of rotatable bonds is 5. The summed E-state index contributed by atoms with van der Waals surface area (Å²) in [5, 5.41) is 5.91. The first-order chi connectivity index (χ1) is 9.63. The Morgan fingerprint density at radius 3 is 2.80 bits per heavy atom. The molecule has 1 aromatic rings. The van der Waals surface area contributed by atoms with E-state index < -0.39 is 0 Å². The highest BCUT2D eigenvalue weighted by Crippen LogP contribution is 2.29. The third kappa shape index (κ3) is 3.17. The Hall–Kier alpha value is -1.88. The molecular formula is C15H21N3O2. The zero-order chi connectivity index (χ0) is 14.5. The maximum atomic E-state index is 12.1. The Kier molecular flexibility index (Phi) is 4.74. The summed E-state index contributed by atoms with van der Waals surface area (Å²) in [6, 6.07) is 7.46. The van der Waals surface area contributed by atoms with Gasteiger partial charge < -0.3 is 15.5 Å². The largest absolute Gasteiger partial charge is 0.324 e. The van der Waals surface area contributed by atoms with Crippen molar-refractivity contribution in [3.05, 3.63) is 24.3 Å². The van der Waals surface area contributed by atoms with E-state index in [2.05, 4.69) is 10.6 Å². The Morgan fingerprint density at radius 2 is 2.15 bits per heavy atom. The lowest BCUT2D eigenvalue weighted by molar-refractivity contribution is -0.119. The second kappa shape index (κ2) is 6.52. The SMILES string of the molecule is CNCC(C)C(=O)Nc1ccccc1N1CCCC1=O. The Labute approximate surface area is 119 Å². The van der Waals surface area contributed by atoms with Gasteiger partial charge in [0.15, 0.2) is 0 Å². The quantitative estimate of drug-likeness (QED) is 0.858. The van der Waals surface area contributed by atoms with Gasteiger partial charge in [-0.25, -0.2) is 0 Å². The van der Waals surface area contributed by atoms with Gasteiger partial charge in [-0.15, -0.1) is 0 Å². The zero-order valence-corrected chi connectivity index (χ0v) is 12.0. The van der Waals surface area contributed by atoms with Gasteiger partial charge in [0.2, 0.25) is 11.8 Å². The Morgan fingerprint density at radius 1 is 1.40 bits per heavy atom. The van der Waals surface area contributed by atoms with Crippen LogP contribution >= 0.6 is 0 Å². The second-order valence-electron chi connectivity index (χ2n) is 5.11. The normalized spacial score (nSPS) is 16.3. The van der Waals surface area contributed by atoms with Gasteiger partial charge in [-0.3, -0.25) is 9.59 Å². The summed E-state index contributed by atoms with van der Waals surface area (Å²) in [5.74, 6) is -0.0456. The molecule has 1 aliphatic rings. The first kappa shape index (κ1) is 14.5. The molecule has 1 saturated heterocycles. The van der Waals surface area contributed by atoms with E-state index in [1.165, 1.54) is 0 Å². The lowest BCUT2D eigenvalue weighted by Crippen LogP contribution is -2.30. The van der Waals surface area contributed by atoms with E-state index in [4.69, 9.17) is 0 Å². The molecule has 0 aliphatic carbocycles. The summed E-state index contributed by atoms with van der Waals surface area (Å²) < 4.78 is 0. The number of hydrogen-bond donors (Lipinski definition) is 2. The molecule has 2 amide bonds. The van der Waals surface area contributed by atoms with E-state index in [-0.39, 0.29) is 17.7 Å². The first-order valence-electron chi connectivity index (χ1n) is 6.98. The number of hydrogen-bond acceptors (Lipinski definition) is 3. The molecule has 5 heteroatoms. The summed E-state index contributed by atoms with van der Waals surface area (Å²) >= 11 is 0. The first-order valence-corrected chi connectivity index (χ1v) is 6.98. The monoisotopic (exact) mass is 275 g/mol. The average molecular weight is 275 g/mol. The van der Waals surface area contributed by atoms with Crippen molar-refractivity contribution in [3.8, 4) is 0 Å². The van der Waals surface area contributed by atoms with E-state index in [1.54, 1.807) is 4.90 Å². The number of benzene rings is 1. The van der Waals surface area contributed by atoms with Gasteiger partial charge in [-0.1, -0.05) is 19.1 Å². The maximum Gasteiger partial charge on any atom is 0.228 e. The van der Waals surface area contributed by atoms with Crippen LogP contribution in [0.25, 0.3) is 0 Å². The molecule has 1 unspecified atom stereocenters. The van der Waals surface area contributed by atoms with Crippen LogP contribution in [-0.2, 0) is 9.59 Å². The van der Waals surface area contributed by atoms with Crippen LogP contribution in [0.15, 0.2) is 24.3 Å². The lowest BCUT2D eigenvalue weighted by Gasteiger charge is -2.21. The number of para-hydroxylation sites is 2. The van der Waals surface area contributed by atoms with Crippen molar-refractivity contribution < 1.29 is 9.59 Å².